The van der Waals surface area contributed by atoms with Crippen LogP contribution in [0.25, 0.3) is 11.1 Å². The van der Waals surface area contributed by atoms with Crippen LogP contribution in [0.1, 0.15) is 18.4 Å². The van der Waals surface area contributed by atoms with E-state index < -0.39 is 11.7 Å². The van der Waals surface area contributed by atoms with Crippen molar-refractivity contribution >= 4 is 0 Å². The summed E-state index contributed by atoms with van der Waals surface area (Å²) in [5.41, 5.74) is 0.905. The third kappa shape index (κ3) is 5.31. The number of aliphatic hydroxyl groups is 2. The number of rotatable bonds is 7. The zero-order chi connectivity index (χ0) is 21.7. The number of nitrogens with zero attached hydrogens (tertiary/aromatic N) is 1. The molecule has 3 aromatic carbocycles. The molecule has 5 heteroatoms. The van der Waals surface area contributed by atoms with Gasteiger partial charge < -0.3 is 19.8 Å². The smallest absolute Gasteiger partial charge is 0.131 e. The fraction of sp³-hybridized carbons (Fsp3) is 0.308. The summed E-state index contributed by atoms with van der Waals surface area (Å²) in [6, 6.07) is 23.8. The van der Waals surface area contributed by atoms with Crippen LogP contribution in [0.4, 0.5) is 4.39 Å². The second-order valence-corrected chi connectivity index (χ2v) is 8.17. The third-order valence-electron chi connectivity index (χ3n) is 5.93. The lowest BCUT2D eigenvalue weighted by molar-refractivity contribution is -0.0374. The number of aliphatic hydroxyl groups excluding tert-OH is 1. The van der Waals surface area contributed by atoms with Gasteiger partial charge in [0.2, 0.25) is 0 Å². The number of hydrogen-bond acceptors (Lipinski definition) is 4. The summed E-state index contributed by atoms with van der Waals surface area (Å²) in [6.45, 7) is 1.95. The molecular weight excluding hydrogens is 393 g/mol. The first-order valence-electron chi connectivity index (χ1n) is 10.7. The molecule has 0 aromatic heterocycles. The van der Waals surface area contributed by atoms with Gasteiger partial charge in [-0.05, 0) is 42.2 Å². The molecule has 3 aromatic rings. The molecule has 2 N–H and O–H groups in total. The molecule has 162 valence electrons. The molecular formula is C26H28FNO3. The van der Waals surface area contributed by atoms with Gasteiger partial charge in [-0.15, -0.1) is 0 Å². The normalized spacial score (nSPS) is 17.3. The van der Waals surface area contributed by atoms with Crippen LogP contribution in [-0.2, 0) is 5.60 Å². The Morgan fingerprint density at radius 2 is 1.58 bits per heavy atom. The average molecular weight is 422 g/mol. The van der Waals surface area contributed by atoms with Gasteiger partial charge in [-0.1, -0.05) is 60.7 Å². The highest BCUT2D eigenvalue weighted by Gasteiger charge is 2.35. The monoisotopic (exact) mass is 421 g/mol. The molecule has 1 atom stereocenters. The highest BCUT2D eigenvalue weighted by Crippen LogP contribution is 2.35. The van der Waals surface area contributed by atoms with Gasteiger partial charge in [0.05, 0.1) is 5.60 Å². The Morgan fingerprint density at radius 1 is 0.935 bits per heavy atom. The molecule has 0 amide bonds. The van der Waals surface area contributed by atoms with E-state index >= 15 is 0 Å². The molecule has 4 nitrogen and oxygen atoms in total. The largest absolute Gasteiger partial charge is 0.491 e. The number of hydrogen-bond donors (Lipinski definition) is 2. The number of β-amino-alcohol motifs (C(OH)–C–C–N with tert-alkyl or cyclic N) is 1. The Balaban J connectivity index is 1.32. The number of ether oxygens (including phenoxy) is 1. The number of para-hydroxylation sites is 1. The molecule has 31 heavy (non-hydrogen) atoms. The van der Waals surface area contributed by atoms with Crippen LogP contribution in [0.5, 0.6) is 5.75 Å². The molecule has 0 radical (unpaired) electrons. The van der Waals surface area contributed by atoms with Gasteiger partial charge in [-0.25, -0.2) is 4.39 Å². The summed E-state index contributed by atoms with van der Waals surface area (Å²) in [7, 11) is 0. The van der Waals surface area contributed by atoms with E-state index in [-0.39, 0.29) is 12.4 Å². The molecule has 1 aliphatic heterocycles. The third-order valence-corrected chi connectivity index (χ3v) is 5.93. The number of benzene rings is 3. The van der Waals surface area contributed by atoms with Gasteiger partial charge in [0.25, 0.3) is 0 Å². The molecule has 1 saturated heterocycles. The van der Waals surface area contributed by atoms with Gasteiger partial charge in [0.1, 0.15) is 24.3 Å². The van der Waals surface area contributed by atoms with E-state index in [0.29, 0.717) is 43.6 Å². The fourth-order valence-corrected chi connectivity index (χ4v) is 4.11. The first kappa shape index (κ1) is 21.5. The van der Waals surface area contributed by atoms with Crippen LogP contribution in [0.3, 0.4) is 0 Å². The lowest BCUT2D eigenvalue weighted by Gasteiger charge is -2.39. The minimum absolute atomic E-state index is 0.219. The maximum absolute atomic E-state index is 14.8. The van der Waals surface area contributed by atoms with Crippen molar-refractivity contribution < 1.29 is 19.3 Å². The Kier molecular flexibility index (Phi) is 6.66. The van der Waals surface area contributed by atoms with Gasteiger partial charge in [-0.2, -0.15) is 0 Å². The quantitative estimate of drug-likeness (QED) is 0.600. The lowest BCUT2D eigenvalue weighted by Crippen LogP contribution is -2.46. The minimum Gasteiger partial charge on any atom is -0.491 e. The van der Waals surface area contributed by atoms with Crippen molar-refractivity contribution in [3.63, 3.8) is 0 Å². The predicted molar refractivity (Wildman–Crippen MR) is 119 cm³/mol. The molecule has 1 heterocycles. The van der Waals surface area contributed by atoms with E-state index in [1.807, 2.05) is 66.7 Å². The van der Waals surface area contributed by atoms with Crippen molar-refractivity contribution in [2.75, 3.05) is 26.2 Å². The summed E-state index contributed by atoms with van der Waals surface area (Å²) >= 11 is 0. The molecule has 0 unspecified atom stereocenters. The van der Waals surface area contributed by atoms with Gasteiger partial charge in [0, 0.05) is 25.2 Å². The van der Waals surface area contributed by atoms with Crippen LogP contribution in [0.15, 0.2) is 78.9 Å². The Labute approximate surface area is 182 Å². The van der Waals surface area contributed by atoms with Crippen LogP contribution in [0.2, 0.25) is 0 Å². The molecule has 0 saturated carbocycles. The Morgan fingerprint density at radius 3 is 2.23 bits per heavy atom. The maximum atomic E-state index is 14.8. The van der Waals surface area contributed by atoms with Crippen LogP contribution < -0.4 is 4.74 Å². The fourth-order valence-electron chi connectivity index (χ4n) is 4.11. The topological polar surface area (TPSA) is 52.9 Å². The highest BCUT2D eigenvalue weighted by molar-refractivity contribution is 5.64. The predicted octanol–water partition coefficient (Wildman–Crippen LogP) is 4.22. The van der Waals surface area contributed by atoms with E-state index in [0.717, 1.165) is 11.3 Å². The van der Waals surface area contributed by atoms with E-state index in [1.54, 1.807) is 6.07 Å². The molecule has 4 rings (SSSR count). The van der Waals surface area contributed by atoms with Gasteiger partial charge >= 0.3 is 0 Å². The van der Waals surface area contributed by atoms with Crippen molar-refractivity contribution in [1.29, 1.82) is 0 Å². The summed E-state index contributed by atoms with van der Waals surface area (Å²) in [5, 5.41) is 21.5. The zero-order valence-electron chi connectivity index (χ0n) is 17.5. The van der Waals surface area contributed by atoms with Crippen molar-refractivity contribution in [2.24, 2.45) is 0 Å². The summed E-state index contributed by atoms with van der Waals surface area (Å²) < 4.78 is 20.4. The number of piperidine rings is 1. The summed E-state index contributed by atoms with van der Waals surface area (Å²) in [6.07, 6.45) is 0.362. The average Bonchev–Trinajstić information content (AvgIpc) is 2.80. The minimum atomic E-state index is -1.06. The van der Waals surface area contributed by atoms with Crippen molar-refractivity contribution in [3.8, 4) is 16.9 Å². The SMILES string of the molecule is O[C@@H](COc1ccccc1)CN1CCC(O)(c2ccc(-c3ccccc3)c(F)c2)CC1. The first-order valence-corrected chi connectivity index (χ1v) is 10.7. The van der Waals surface area contributed by atoms with E-state index in [2.05, 4.69) is 4.90 Å². The highest BCUT2D eigenvalue weighted by atomic mass is 19.1. The van der Waals surface area contributed by atoms with E-state index in [9.17, 15) is 14.6 Å². The van der Waals surface area contributed by atoms with E-state index in [4.69, 9.17) is 4.74 Å². The summed E-state index contributed by atoms with van der Waals surface area (Å²) in [4.78, 5) is 2.11. The first-order chi connectivity index (χ1) is 15.0. The Hall–Kier alpha value is -2.73. The second kappa shape index (κ2) is 9.60. The molecule has 1 fully saturated rings. The second-order valence-electron chi connectivity index (χ2n) is 8.17. The maximum Gasteiger partial charge on any atom is 0.131 e. The Bertz CT molecular complexity index is 972. The van der Waals surface area contributed by atoms with Gasteiger partial charge in [-0.3, -0.25) is 0 Å². The van der Waals surface area contributed by atoms with Crippen molar-refractivity contribution in [3.05, 3.63) is 90.2 Å². The lowest BCUT2D eigenvalue weighted by atomic mass is 9.83. The standard InChI is InChI=1S/C26H28FNO3/c27-25-17-21(11-12-24(25)20-7-3-1-4-8-20)26(30)13-15-28(16-14-26)18-22(29)19-31-23-9-5-2-6-10-23/h1-12,17,22,29-30H,13-16,18-19H2/t22-/m1/s1. The molecule has 1 aliphatic rings. The zero-order valence-corrected chi connectivity index (χ0v) is 17.5. The number of halogens is 1. The van der Waals surface area contributed by atoms with Crippen molar-refractivity contribution in [2.45, 2.75) is 24.5 Å². The van der Waals surface area contributed by atoms with Gasteiger partial charge in [0.15, 0.2) is 0 Å². The van der Waals surface area contributed by atoms with Crippen LogP contribution >= 0.6 is 0 Å². The van der Waals surface area contributed by atoms with Crippen molar-refractivity contribution in [1.82, 2.24) is 4.90 Å². The molecule has 0 spiro atoms. The molecule has 0 bridgehead atoms. The van der Waals surface area contributed by atoms with Crippen LogP contribution in [-0.4, -0.2) is 47.5 Å². The molecule has 0 aliphatic carbocycles. The van der Waals surface area contributed by atoms with E-state index in [1.165, 1.54) is 6.07 Å². The van der Waals surface area contributed by atoms with Crippen LogP contribution in [0, 0.1) is 5.82 Å². The number of likely N-dealkylation sites (tertiary alicyclic amines) is 1. The summed E-state index contributed by atoms with van der Waals surface area (Å²) in [5.74, 6) is 0.406.